The van der Waals surface area contributed by atoms with E-state index < -0.39 is 12.1 Å². The first-order chi connectivity index (χ1) is 19.6. The first-order valence-corrected chi connectivity index (χ1v) is 14.3. The number of fused-ring (bicyclic) bond motifs is 1. The Morgan fingerprint density at radius 3 is 2.46 bits per heavy atom. The largest absolute Gasteiger partial charge is 0.497 e. The van der Waals surface area contributed by atoms with Gasteiger partial charge in [0.25, 0.3) is 5.91 Å². The second kappa shape index (κ2) is 15.6. The molecule has 3 N–H and O–H groups in total. The van der Waals surface area contributed by atoms with Gasteiger partial charge in [-0.3, -0.25) is 4.79 Å². The summed E-state index contributed by atoms with van der Waals surface area (Å²) >= 11 is 0. The van der Waals surface area contributed by atoms with Crippen LogP contribution in [-0.2, 0) is 4.74 Å². The maximum atomic E-state index is 14.1. The van der Waals surface area contributed by atoms with Crippen molar-refractivity contribution in [2.45, 2.75) is 58.3 Å². The average Bonchev–Trinajstić information content (AvgIpc) is 2.94. The number of benzene rings is 2. The lowest BCUT2D eigenvalue weighted by Gasteiger charge is -2.35. The second-order valence-electron chi connectivity index (χ2n) is 11.1. The number of aliphatic hydroxyl groups excluding tert-OH is 1. The molecule has 10 heteroatoms. The maximum absolute atomic E-state index is 14.1. The van der Waals surface area contributed by atoms with Crippen molar-refractivity contribution >= 4 is 23.3 Å². The number of methoxy groups -OCH3 is 1. The third kappa shape index (κ3) is 9.62. The predicted octanol–water partition coefficient (Wildman–Crippen LogP) is 4.70. The number of hydrogen-bond acceptors (Lipinski definition) is 7. The number of carbonyl (C=O) groups is 2. The van der Waals surface area contributed by atoms with Crippen LogP contribution < -0.4 is 20.1 Å². The Balaban J connectivity index is 1.91. The molecule has 2 aromatic rings. The zero-order valence-corrected chi connectivity index (χ0v) is 25.2. The van der Waals surface area contributed by atoms with Crippen molar-refractivity contribution in [2.24, 2.45) is 5.92 Å². The summed E-state index contributed by atoms with van der Waals surface area (Å²) in [6.45, 7) is 7.46. The molecule has 4 atom stereocenters. The van der Waals surface area contributed by atoms with Crippen LogP contribution in [0.3, 0.4) is 0 Å². The van der Waals surface area contributed by atoms with Gasteiger partial charge in [0.15, 0.2) is 0 Å². The topological polar surface area (TPSA) is 113 Å². The minimum atomic E-state index is -0.448. The van der Waals surface area contributed by atoms with E-state index in [1.807, 2.05) is 27.9 Å². The van der Waals surface area contributed by atoms with Gasteiger partial charge < -0.3 is 39.8 Å². The molecule has 0 aromatic heterocycles. The van der Waals surface area contributed by atoms with Crippen LogP contribution in [0.2, 0.25) is 0 Å². The summed E-state index contributed by atoms with van der Waals surface area (Å²) in [5.74, 6) is 0.869. The minimum absolute atomic E-state index is 0.0122. The van der Waals surface area contributed by atoms with Crippen LogP contribution in [0.4, 0.5) is 16.2 Å². The quantitative estimate of drug-likeness (QED) is 0.443. The lowest BCUT2D eigenvalue weighted by molar-refractivity contribution is -0.0137. The van der Waals surface area contributed by atoms with Gasteiger partial charge in [0.2, 0.25) is 0 Å². The van der Waals surface area contributed by atoms with Crippen LogP contribution in [0.5, 0.6) is 11.5 Å². The minimum Gasteiger partial charge on any atom is -0.497 e. The molecule has 41 heavy (non-hydrogen) atoms. The Morgan fingerprint density at radius 2 is 1.80 bits per heavy atom. The molecule has 0 spiro atoms. The fourth-order valence-corrected chi connectivity index (χ4v) is 4.79. The highest BCUT2D eigenvalue weighted by atomic mass is 16.5. The van der Waals surface area contributed by atoms with Crippen molar-refractivity contribution in [3.05, 3.63) is 48.0 Å². The third-order valence-electron chi connectivity index (χ3n) is 7.20. The van der Waals surface area contributed by atoms with Crippen molar-refractivity contribution in [2.75, 3.05) is 58.1 Å². The van der Waals surface area contributed by atoms with Gasteiger partial charge in [-0.2, -0.15) is 0 Å². The molecule has 2 aromatic carbocycles. The van der Waals surface area contributed by atoms with Crippen LogP contribution in [0.15, 0.2) is 42.5 Å². The van der Waals surface area contributed by atoms with Crippen LogP contribution >= 0.6 is 0 Å². The number of likely N-dealkylation sites (N-methyl/N-ethyl adjacent to an activating group) is 1. The molecular weight excluding hydrogens is 524 g/mol. The van der Waals surface area contributed by atoms with Gasteiger partial charge in [-0.25, -0.2) is 4.79 Å². The average molecular weight is 571 g/mol. The highest BCUT2D eigenvalue weighted by Gasteiger charge is 2.30. The standard InChI is InChI=1S/C31H46N4O6/c1-21-18-35(22(2)20-36)30(37)27-17-25(33-31(38)32-24-10-13-26(39-6)14-11-24)12-15-28(27)41-23(3)9-7-8-16-40-29(21)19-34(4)5/h10-15,17,21-23,29,36H,7-9,16,18-20H2,1-6H3,(H2,32,33,38)/t21-,22+,23+,29-/m0/s1. The molecule has 10 nitrogen and oxygen atoms in total. The number of rotatable bonds is 7. The molecule has 0 aliphatic carbocycles. The van der Waals surface area contributed by atoms with Crippen LogP contribution in [0.25, 0.3) is 0 Å². The molecule has 1 aliphatic rings. The summed E-state index contributed by atoms with van der Waals surface area (Å²) in [5, 5.41) is 15.7. The molecular formula is C31H46N4O6. The second-order valence-corrected chi connectivity index (χ2v) is 11.1. The molecule has 3 rings (SSSR count). The molecule has 226 valence electrons. The number of urea groups is 1. The Labute approximate surface area is 243 Å². The molecule has 0 saturated carbocycles. The number of anilines is 2. The van der Waals surface area contributed by atoms with E-state index in [-0.39, 0.29) is 30.6 Å². The van der Waals surface area contributed by atoms with E-state index in [1.165, 1.54) is 0 Å². The number of aliphatic hydroxyl groups is 1. The predicted molar refractivity (Wildman–Crippen MR) is 161 cm³/mol. The monoisotopic (exact) mass is 570 g/mol. The first kappa shape index (κ1) is 32.2. The molecule has 0 saturated heterocycles. The van der Waals surface area contributed by atoms with E-state index >= 15 is 0 Å². The van der Waals surface area contributed by atoms with E-state index in [0.717, 1.165) is 25.8 Å². The van der Waals surface area contributed by atoms with E-state index in [2.05, 4.69) is 22.5 Å². The van der Waals surface area contributed by atoms with Gasteiger partial charge in [0.1, 0.15) is 11.5 Å². The lowest BCUT2D eigenvalue weighted by Crippen LogP contribution is -2.47. The molecule has 3 amide bonds. The van der Waals surface area contributed by atoms with Gasteiger partial charge in [-0.05, 0) is 89.7 Å². The highest BCUT2D eigenvalue weighted by molar-refractivity contribution is 6.02. The van der Waals surface area contributed by atoms with E-state index in [9.17, 15) is 14.7 Å². The Kier molecular flexibility index (Phi) is 12.2. The number of amides is 3. The zero-order chi connectivity index (χ0) is 29.9. The number of nitrogens with zero attached hydrogens (tertiary/aromatic N) is 2. The SMILES string of the molecule is COc1ccc(NC(=O)Nc2ccc3c(c2)C(=O)N([C@H](C)CO)C[C@H](C)[C@H](CN(C)C)OCCCC[C@@H](C)O3)cc1. The summed E-state index contributed by atoms with van der Waals surface area (Å²) in [6.07, 6.45) is 2.47. The Hall–Kier alpha value is -3.34. The van der Waals surface area contributed by atoms with E-state index in [0.29, 0.717) is 41.6 Å². The smallest absolute Gasteiger partial charge is 0.323 e. The fraction of sp³-hybridized carbons (Fsp3) is 0.548. The number of ether oxygens (including phenoxy) is 3. The molecule has 0 bridgehead atoms. The highest BCUT2D eigenvalue weighted by Crippen LogP contribution is 2.28. The maximum Gasteiger partial charge on any atom is 0.323 e. The third-order valence-corrected chi connectivity index (χ3v) is 7.20. The molecule has 0 unspecified atom stereocenters. The Morgan fingerprint density at radius 1 is 1.12 bits per heavy atom. The summed E-state index contributed by atoms with van der Waals surface area (Å²) in [5.41, 5.74) is 1.37. The lowest BCUT2D eigenvalue weighted by atomic mass is 10.0. The number of carbonyl (C=O) groups excluding carboxylic acids is 2. The summed E-state index contributed by atoms with van der Waals surface area (Å²) in [7, 11) is 5.60. The van der Waals surface area contributed by atoms with Crippen LogP contribution in [0.1, 0.15) is 50.4 Å². The van der Waals surface area contributed by atoms with E-state index in [1.54, 1.807) is 54.5 Å². The van der Waals surface area contributed by atoms with Gasteiger partial charge >= 0.3 is 6.03 Å². The van der Waals surface area contributed by atoms with Crippen molar-refractivity contribution in [1.29, 1.82) is 0 Å². The van der Waals surface area contributed by atoms with Gasteiger partial charge in [0, 0.05) is 37.0 Å². The molecule has 1 aliphatic heterocycles. The van der Waals surface area contributed by atoms with Crippen LogP contribution in [0, 0.1) is 5.92 Å². The van der Waals surface area contributed by atoms with Gasteiger partial charge in [0.05, 0.1) is 37.5 Å². The number of nitrogens with one attached hydrogen (secondary N) is 2. The van der Waals surface area contributed by atoms with E-state index in [4.69, 9.17) is 14.2 Å². The van der Waals surface area contributed by atoms with Crippen LogP contribution in [-0.4, -0.2) is 92.6 Å². The summed E-state index contributed by atoms with van der Waals surface area (Å²) in [6, 6.07) is 11.2. The van der Waals surface area contributed by atoms with Gasteiger partial charge in [-0.1, -0.05) is 6.92 Å². The Bertz CT molecular complexity index is 1130. The molecule has 1 heterocycles. The fourth-order valence-electron chi connectivity index (χ4n) is 4.79. The first-order valence-electron chi connectivity index (χ1n) is 14.3. The van der Waals surface area contributed by atoms with Gasteiger partial charge in [-0.15, -0.1) is 0 Å². The number of hydrogen-bond donors (Lipinski definition) is 3. The summed E-state index contributed by atoms with van der Waals surface area (Å²) in [4.78, 5) is 30.7. The van der Waals surface area contributed by atoms with Crippen molar-refractivity contribution in [1.82, 2.24) is 9.80 Å². The molecule has 0 fully saturated rings. The normalized spacial score (nSPS) is 21.3. The summed E-state index contributed by atoms with van der Waals surface area (Å²) < 4.78 is 17.7. The van der Waals surface area contributed by atoms with Crippen molar-refractivity contribution < 1.29 is 28.9 Å². The zero-order valence-electron chi connectivity index (χ0n) is 25.2. The van der Waals surface area contributed by atoms with Crippen molar-refractivity contribution in [3.63, 3.8) is 0 Å². The molecule has 0 radical (unpaired) electrons. The van der Waals surface area contributed by atoms with Crippen molar-refractivity contribution in [3.8, 4) is 11.5 Å².